The minimum atomic E-state index is -0.409. The number of rotatable bonds is 3. The Labute approximate surface area is 152 Å². The number of nitrogens with zero attached hydrogens (tertiary/aromatic N) is 2. The van der Waals surface area contributed by atoms with Crippen LogP contribution in [0.15, 0.2) is 46.1 Å². The van der Waals surface area contributed by atoms with E-state index >= 15 is 0 Å². The molecule has 5 nitrogen and oxygen atoms in total. The second-order valence-electron chi connectivity index (χ2n) is 6.61. The molecule has 1 aliphatic heterocycles. The summed E-state index contributed by atoms with van der Waals surface area (Å²) in [5.41, 5.74) is 6.45. The summed E-state index contributed by atoms with van der Waals surface area (Å²) < 4.78 is 5.02. The van der Waals surface area contributed by atoms with Crippen molar-refractivity contribution in [1.29, 1.82) is 0 Å². The van der Waals surface area contributed by atoms with Gasteiger partial charge in [0.05, 0.1) is 23.0 Å². The fourth-order valence-electron chi connectivity index (χ4n) is 2.91. The minimum absolute atomic E-state index is 0.0764. The average molecular weight is 358 g/mol. The van der Waals surface area contributed by atoms with Gasteiger partial charge in [0.1, 0.15) is 0 Å². The van der Waals surface area contributed by atoms with Crippen LogP contribution in [-0.2, 0) is 0 Å². The highest BCUT2D eigenvalue weighted by atomic mass is 35.5. The van der Waals surface area contributed by atoms with Crippen molar-refractivity contribution in [3.8, 4) is 0 Å². The van der Waals surface area contributed by atoms with Gasteiger partial charge in [-0.05, 0) is 50.6 Å². The van der Waals surface area contributed by atoms with Gasteiger partial charge >= 0.3 is 5.91 Å². The van der Waals surface area contributed by atoms with E-state index in [2.05, 4.69) is 49.3 Å². The number of likely N-dealkylation sites (N-methyl/N-ethyl adjacent to an activating group) is 1. The number of carbonyl (C=O) groups is 1. The number of anilines is 1. The Morgan fingerprint density at radius 1 is 1.40 bits per heavy atom. The van der Waals surface area contributed by atoms with Gasteiger partial charge < -0.3 is 9.32 Å². The molecule has 0 atom stereocenters. The number of allylic oxidation sites excluding steroid dienone is 1. The summed E-state index contributed by atoms with van der Waals surface area (Å²) in [7, 11) is 2.05. The first-order chi connectivity index (χ1) is 11.8. The smallest absolute Gasteiger partial charge is 0.307 e. The number of fused-ring (bicyclic) bond motifs is 1. The number of hydrogen-bond acceptors (Lipinski definition) is 4. The maximum atomic E-state index is 11.8. The van der Waals surface area contributed by atoms with E-state index in [1.807, 2.05) is 12.1 Å². The molecule has 1 aliphatic rings. The first-order valence-electron chi connectivity index (χ1n) is 7.94. The molecule has 0 spiro atoms. The molecule has 0 aliphatic carbocycles. The summed E-state index contributed by atoms with van der Waals surface area (Å²) in [6.45, 7) is 6.40. The van der Waals surface area contributed by atoms with Crippen LogP contribution in [-0.4, -0.2) is 24.7 Å². The van der Waals surface area contributed by atoms with Crippen LogP contribution < -0.4 is 10.3 Å². The molecule has 130 valence electrons. The van der Waals surface area contributed by atoms with Crippen molar-refractivity contribution in [3.63, 3.8) is 0 Å². The van der Waals surface area contributed by atoms with Crippen LogP contribution in [0.25, 0.3) is 5.57 Å². The number of carbonyl (C=O) groups excluding carboxylic acids is 1. The zero-order valence-electron chi connectivity index (χ0n) is 14.6. The van der Waals surface area contributed by atoms with E-state index < -0.39 is 5.91 Å². The molecule has 0 saturated heterocycles. The Morgan fingerprint density at radius 2 is 2.16 bits per heavy atom. The SMILES string of the molecule is CC1=CC(C)(C)N(C)c2cc(Cl)c(/C=N\NC(=O)c3ccco3)cc21. The van der Waals surface area contributed by atoms with Crippen molar-refractivity contribution in [2.24, 2.45) is 5.10 Å². The van der Waals surface area contributed by atoms with Gasteiger partial charge in [0.15, 0.2) is 5.76 Å². The highest BCUT2D eigenvalue weighted by molar-refractivity contribution is 6.33. The summed E-state index contributed by atoms with van der Waals surface area (Å²) in [5.74, 6) is -0.204. The lowest BCUT2D eigenvalue weighted by atomic mass is 9.88. The van der Waals surface area contributed by atoms with Crippen molar-refractivity contribution in [1.82, 2.24) is 5.43 Å². The number of benzene rings is 1. The average Bonchev–Trinajstić information content (AvgIpc) is 3.08. The molecule has 25 heavy (non-hydrogen) atoms. The third-order valence-electron chi connectivity index (χ3n) is 4.45. The summed E-state index contributed by atoms with van der Waals surface area (Å²) >= 11 is 6.41. The topological polar surface area (TPSA) is 57.8 Å². The van der Waals surface area contributed by atoms with E-state index in [-0.39, 0.29) is 11.3 Å². The van der Waals surface area contributed by atoms with Crippen LogP contribution in [0.1, 0.15) is 42.5 Å². The lowest BCUT2D eigenvalue weighted by Gasteiger charge is -2.40. The highest BCUT2D eigenvalue weighted by Gasteiger charge is 2.29. The zero-order valence-corrected chi connectivity index (χ0v) is 15.4. The van der Waals surface area contributed by atoms with Gasteiger partial charge in [-0.2, -0.15) is 5.10 Å². The molecule has 0 fully saturated rings. The van der Waals surface area contributed by atoms with Gasteiger partial charge in [-0.15, -0.1) is 0 Å². The maximum absolute atomic E-state index is 11.8. The number of amides is 1. The summed E-state index contributed by atoms with van der Waals surface area (Å²) in [4.78, 5) is 14.0. The van der Waals surface area contributed by atoms with E-state index in [1.165, 1.54) is 18.1 Å². The van der Waals surface area contributed by atoms with Crippen molar-refractivity contribution < 1.29 is 9.21 Å². The number of furan rings is 1. The maximum Gasteiger partial charge on any atom is 0.307 e. The molecule has 2 heterocycles. The Hall–Kier alpha value is -2.53. The Balaban J connectivity index is 1.86. The molecule has 1 aromatic heterocycles. The van der Waals surface area contributed by atoms with Crippen LogP contribution in [0.3, 0.4) is 0 Å². The lowest BCUT2D eigenvalue weighted by molar-refractivity contribution is 0.0927. The standard InChI is InChI=1S/C19H20ClN3O2/c1-12-10-19(2,3)23(4)16-9-15(20)13(8-14(12)16)11-21-22-18(24)17-6-5-7-25-17/h5-11H,1-4H3,(H,22,24)/b21-11-. The highest BCUT2D eigenvalue weighted by Crippen LogP contribution is 2.40. The van der Waals surface area contributed by atoms with E-state index in [1.54, 1.807) is 12.1 Å². The fourth-order valence-corrected chi connectivity index (χ4v) is 3.12. The van der Waals surface area contributed by atoms with Crippen LogP contribution in [0, 0.1) is 0 Å². The minimum Gasteiger partial charge on any atom is -0.459 e. The summed E-state index contributed by atoms with van der Waals surface area (Å²) in [5, 5.41) is 4.55. The van der Waals surface area contributed by atoms with Gasteiger partial charge in [-0.1, -0.05) is 17.7 Å². The number of hydrazone groups is 1. The molecule has 0 saturated carbocycles. The van der Waals surface area contributed by atoms with Crippen molar-refractivity contribution in [3.05, 3.63) is 58.5 Å². The Kier molecular flexibility index (Phi) is 4.43. The second kappa shape index (κ2) is 6.41. The predicted molar refractivity (Wildman–Crippen MR) is 101 cm³/mol. The Bertz CT molecular complexity index is 867. The monoisotopic (exact) mass is 357 g/mol. The quantitative estimate of drug-likeness (QED) is 0.657. The number of nitrogens with one attached hydrogen (secondary N) is 1. The number of hydrogen-bond donors (Lipinski definition) is 1. The molecule has 0 radical (unpaired) electrons. The van der Waals surface area contributed by atoms with E-state index in [0.717, 1.165) is 16.8 Å². The van der Waals surface area contributed by atoms with Crippen molar-refractivity contribution >= 4 is 35.0 Å². The second-order valence-corrected chi connectivity index (χ2v) is 7.01. The molecule has 6 heteroatoms. The van der Waals surface area contributed by atoms with Gasteiger partial charge in [0, 0.05) is 23.9 Å². The molecule has 1 N–H and O–H groups in total. The van der Waals surface area contributed by atoms with Crippen LogP contribution in [0.2, 0.25) is 5.02 Å². The molecule has 1 aromatic carbocycles. The summed E-state index contributed by atoms with van der Waals surface area (Å²) in [6, 6.07) is 7.14. The summed E-state index contributed by atoms with van der Waals surface area (Å²) in [6.07, 6.45) is 5.20. The number of halogens is 1. The normalized spacial score (nSPS) is 15.9. The fraction of sp³-hybridized carbons (Fsp3) is 0.263. The lowest BCUT2D eigenvalue weighted by Crippen LogP contribution is -2.42. The van der Waals surface area contributed by atoms with Crippen LogP contribution >= 0.6 is 11.6 Å². The first-order valence-corrected chi connectivity index (χ1v) is 8.31. The molecular weight excluding hydrogens is 338 g/mol. The van der Waals surface area contributed by atoms with E-state index in [0.29, 0.717) is 5.02 Å². The molecule has 2 aromatic rings. The first kappa shape index (κ1) is 17.3. The van der Waals surface area contributed by atoms with E-state index in [9.17, 15) is 4.79 Å². The van der Waals surface area contributed by atoms with Gasteiger partial charge in [0.25, 0.3) is 0 Å². The molecular formula is C19H20ClN3O2. The van der Waals surface area contributed by atoms with Crippen LogP contribution in [0.5, 0.6) is 0 Å². The van der Waals surface area contributed by atoms with Gasteiger partial charge in [0.2, 0.25) is 0 Å². The van der Waals surface area contributed by atoms with E-state index in [4.69, 9.17) is 16.0 Å². The zero-order chi connectivity index (χ0) is 18.2. The molecule has 1 amide bonds. The Morgan fingerprint density at radius 3 is 2.84 bits per heavy atom. The molecule has 0 unspecified atom stereocenters. The molecule has 0 bridgehead atoms. The van der Waals surface area contributed by atoms with Crippen LogP contribution in [0.4, 0.5) is 5.69 Å². The van der Waals surface area contributed by atoms with Gasteiger partial charge in [-0.25, -0.2) is 5.43 Å². The van der Waals surface area contributed by atoms with Crippen molar-refractivity contribution in [2.45, 2.75) is 26.3 Å². The largest absolute Gasteiger partial charge is 0.459 e. The van der Waals surface area contributed by atoms with Gasteiger partial charge in [-0.3, -0.25) is 4.79 Å². The predicted octanol–water partition coefficient (Wildman–Crippen LogP) is 4.33. The third-order valence-corrected chi connectivity index (χ3v) is 4.78. The molecule has 3 rings (SSSR count). The third kappa shape index (κ3) is 3.33. The van der Waals surface area contributed by atoms with Crippen molar-refractivity contribution in [2.75, 3.05) is 11.9 Å².